The van der Waals surface area contributed by atoms with E-state index in [0.29, 0.717) is 5.69 Å². The van der Waals surface area contributed by atoms with E-state index in [9.17, 15) is 4.79 Å². The first kappa shape index (κ1) is 15.7. The van der Waals surface area contributed by atoms with Crippen LogP contribution in [0.5, 0.6) is 0 Å². The maximum atomic E-state index is 12.3. The molecule has 0 bridgehead atoms. The highest BCUT2D eigenvalue weighted by Crippen LogP contribution is 2.23. The molecule has 7 heteroatoms. The highest BCUT2D eigenvalue weighted by molar-refractivity contribution is 7.15. The Bertz CT molecular complexity index is 793. The number of nitrogens with zero attached hydrogens (tertiary/aromatic N) is 2. The van der Waals surface area contributed by atoms with Crippen molar-refractivity contribution in [1.29, 1.82) is 0 Å². The minimum Gasteiger partial charge on any atom is -0.354 e. The maximum Gasteiger partial charge on any atom is 0.269 e. The summed E-state index contributed by atoms with van der Waals surface area (Å²) in [5, 5.41) is 4.59. The second-order valence-electron chi connectivity index (χ2n) is 4.88. The molecular weight excluding hydrogens is 314 g/mol. The molecule has 0 atom stereocenters. The van der Waals surface area contributed by atoms with Crippen LogP contribution in [0.25, 0.3) is 16.2 Å². The van der Waals surface area contributed by atoms with Gasteiger partial charge in [-0.15, -0.1) is 11.3 Å². The number of methoxy groups -OCH3 is 2. The minimum absolute atomic E-state index is 0.188. The number of carbonyl (C=O) groups is 1. The quantitative estimate of drug-likeness (QED) is 0.705. The van der Waals surface area contributed by atoms with E-state index < -0.39 is 6.29 Å². The van der Waals surface area contributed by atoms with E-state index in [0.717, 1.165) is 16.2 Å². The standard InChI is InChI=1S/C16H17N3O3S/c1-21-14(22-2)8-17-15(20)13-10-23-16-18-12(9-19(13)16)11-6-4-3-5-7-11/h3-7,9-10,14H,8H2,1-2H3,(H,17,20). The first-order chi connectivity index (χ1) is 11.2. The van der Waals surface area contributed by atoms with E-state index in [-0.39, 0.29) is 12.5 Å². The number of hydrogen-bond donors (Lipinski definition) is 1. The molecule has 0 aliphatic rings. The summed E-state index contributed by atoms with van der Waals surface area (Å²) in [6.45, 7) is 0.281. The fourth-order valence-electron chi connectivity index (χ4n) is 2.22. The summed E-state index contributed by atoms with van der Waals surface area (Å²) in [6, 6.07) is 9.88. The number of rotatable bonds is 6. The monoisotopic (exact) mass is 331 g/mol. The van der Waals surface area contributed by atoms with Crippen LogP contribution in [0.3, 0.4) is 0 Å². The zero-order chi connectivity index (χ0) is 16.2. The Morgan fingerprint density at radius 3 is 2.74 bits per heavy atom. The second-order valence-corrected chi connectivity index (χ2v) is 5.71. The molecule has 0 aliphatic heterocycles. The molecule has 0 spiro atoms. The molecule has 0 aliphatic carbocycles. The van der Waals surface area contributed by atoms with Crippen LogP contribution in [-0.4, -0.2) is 42.3 Å². The molecule has 0 saturated heterocycles. The third-order valence-corrected chi connectivity index (χ3v) is 4.31. The van der Waals surface area contributed by atoms with Crippen molar-refractivity contribution in [2.75, 3.05) is 20.8 Å². The molecule has 0 fully saturated rings. The van der Waals surface area contributed by atoms with Gasteiger partial charge in [0.1, 0.15) is 5.69 Å². The van der Waals surface area contributed by atoms with Crippen molar-refractivity contribution in [3.05, 3.63) is 47.6 Å². The summed E-state index contributed by atoms with van der Waals surface area (Å²) < 4.78 is 11.9. The Balaban J connectivity index is 1.82. The van der Waals surface area contributed by atoms with Crippen LogP contribution < -0.4 is 5.32 Å². The smallest absolute Gasteiger partial charge is 0.269 e. The van der Waals surface area contributed by atoms with Crippen LogP contribution in [0.2, 0.25) is 0 Å². The van der Waals surface area contributed by atoms with Crippen LogP contribution >= 0.6 is 11.3 Å². The van der Waals surface area contributed by atoms with E-state index in [4.69, 9.17) is 9.47 Å². The number of benzene rings is 1. The van der Waals surface area contributed by atoms with Crippen LogP contribution in [0.4, 0.5) is 0 Å². The molecule has 2 heterocycles. The Labute approximate surface area is 137 Å². The van der Waals surface area contributed by atoms with Crippen molar-refractivity contribution in [3.63, 3.8) is 0 Å². The SMILES string of the molecule is COC(CNC(=O)c1csc2nc(-c3ccccc3)cn12)OC. The first-order valence-corrected chi connectivity index (χ1v) is 7.96. The number of amides is 1. The Hall–Kier alpha value is -2.22. The van der Waals surface area contributed by atoms with Gasteiger partial charge in [-0.3, -0.25) is 9.20 Å². The van der Waals surface area contributed by atoms with E-state index in [1.807, 2.05) is 36.5 Å². The van der Waals surface area contributed by atoms with Gasteiger partial charge in [-0.2, -0.15) is 0 Å². The number of nitrogens with one attached hydrogen (secondary N) is 1. The predicted octanol–water partition coefficient (Wildman–Crippen LogP) is 2.41. The summed E-state index contributed by atoms with van der Waals surface area (Å²) in [4.78, 5) is 17.7. The second kappa shape index (κ2) is 6.91. The minimum atomic E-state index is -0.462. The average Bonchev–Trinajstić information content (AvgIpc) is 3.17. The van der Waals surface area contributed by atoms with Crippen LogP contribution in [-0.2, 0) is 9.47 Å². The number of aromatic nitrogens is 2. The van der Waals surface area contributed by atoms with Crippen molar-refractivity contribution >= 4 is 22.2 Å². The van der Waals surface area contributed by atoms with E-state index >= 15 is 0 Å². The third kappa shape index (κ3) is 3.26. The van der Waals surface area contributed by atoms with Crippen molar-refractivity contribution in [3.8, 4) is 11.3 Å². The lowest BCUT2D eigenvalue weighted by Crippen LogP contribution is -2.34. The van der Waals surface area contributed by atoms with Crippen molar-refractivity contribution in [1.82, 2.24) is 14.7 Å². The topological polar surface area (TPSA) is 64.9 Å². The number of hydrogen-bond acceptors (Lipinski definition) is 5. The van der Waals surface area contributed by atoms with Crippen LogP contribution in [0, 0.1) is 0 Å². The van der Waals surface area contributed by atoms with Gasteiger partial charge < -0.3 is 14.8 Å². The van der Waals surface area contributed by atoms with Crippen LogP contribution in [0.1, 0.15) is 10.5 Å². The molecule has 3 rings (SSSR count). The molecule has 1 N–H and O–H groups in total. The van der Waals surface area contributed by atoms with Gasteiger partial charge in [0, 0.05) is 31.4 Å². The molecule has 1 amide bonds. The van der Waals surface area contributed by atoms with Crippen molar-refractivity contribution in [2.45, 2.75) is 6.29 Å². The van der Waals surface area contributed by atoms with E-state index in [1.165, 1.54) is 25.6 Å². The van der Waals surface area contributed by atoms with Gasteiger partial charge in [-0.05, 0) is 0 Å². The number of thiazole rings is 1. The first-order valence-electron chi connectivity index (χ1n) is 7.08. The molecule has 6 nitrogen and oxygen atoms in total. The number of fused-ring (bicyclic) bond motifs is 1. The van der Waals surface area contributed by atoms with Gasteiger partial charge in [-0.25, -0.2) is 4.98 Å². The highest BCUT2D eigenvalue weighted by atomic mass is 32.1. The molecule has 2 aromatic heterocycles. The lowest BCUT2D eigenvalue weighted by molar-refractivity contribution is -0.0974. The molecule has 120 valence electrons. The molecule has 1 aromatic carbocycles. The molecule has 23 heavy (non-hydrogen) atoms. The van der Waals surface area contributed by atoms with Gasteiger partial charge in [0.05, 0.1) is 12.2 Å². The van der Waals surface area contributed by atoms with Gasteiger partial charge in [0.2, 0.25) is 0 Å². The normalized spacial score (nSPS) is 11.3. The Kier molecular flexibility index (Phi) is 4.71. The number of imidazole rings is 1. The van der Waals surface area contributed by atoms with Gasteiger partial charge in [-0.1, -0.05) is 30.3 Å². The molecule has 3 aromatic rings. The summed E-state index contributed by atoms with van der Waals surface area (Å²) in [6.07, 6.45) is 1.41. The van der Waals surface area contributed by atoms with Crippen LogP contribution in [0.15, 0.2) is 41.9 Å². The largest absolute Gasteiger partial charge is 0.354 e. The molecular formula is C16H17N3O3S. The molecule has 0 radical (unpaired) electrons. The predicted molar refractivity (Wildman–Crippen MR) is 88.6 cm³/mol. The zero-order valence-electron chi connectivity index (χ0n) is 12.9. The lowest BCUT2D eigenvalue weighted by Gasteiger charge is -2.13. The van der Waals surface area contributed by atoms with E-state index in [1.54, 1.807) is 9.78 Å². The van der Waals surface area contributed by atoms with Gasteiger partial charge >= 0.3 is 0 Å². The number of ether oxygens (including phenoxy) is 2. The Morgan fingerprint density at radius 2 is 2.04 bits per heavy atom. The summed E-state index contributed by atoms with van der Waals surface area (Å²) >= 11 is 1.43. The lowest BCUT2D eigenvalue weighted by atomic mass is 10.2. The van der Waals surface area contributed by atoms with Gasteiger partial charge in [0.25, 0.3) is 5.91 Å². The maximum absolute atomic E-state index is 12.3. The molecule has 0 unspecified atom stereocenters. The van der Waals surface area contributed by atoms with Crippen molar-refractivity contribution < 1.29 is 14.3 Å². The Morgan fingerprint density at radius 1 is 1.30 bits per heavy atom. The molecule has 0 saturated carbocycles. The number of carbonyl (C=O) groups excluding carboxylic acids is 1. The summed E-state index contributed by atoms with van der Waals surface area (Å²) in [5.41, 5.74) is 2.41. The summed E-state index contributed by atoms with van der Waals surface area (Å²) in [7, 11) is 3.07. The fourth-order valence-corrected chi connectivity index (χ4v) is 3.08. The average molecular weight is 331 g/mol. The van der Waals surface area contributed by atoms with E-state index in [2.05, 4.69) is 10.3 Å². The fraction of sp³-hybridized carbons (Fsp3) is 0.250. The zero-order valence-corrected chi connectivity index (χ0v) is 13.7. The third-order valence-electron chi connectivity index (χ3n) is 3.47. The highest BCUT2D eigenvalue weighted by Gasteiger charge is 2.16. The van der Waals surface area contributed by atoms with Gasteiger partial charge in [0.15, 0.2) is 11.3 Å². The van der Waals surface area contributed by atoms with Crippen molar-refractivity contribution in [2.24, 2.45) is 0 Å². The summed E-state index contributed by atoms with van der Waals surface area (Å²) in [5.74, 6) is -0.188.